The summed E-state index contributed by atoms with van der Waals surface area (Å²) in [5, 5.41) is 11.2. The van der Waals surface area contributed by atoms with Gasteiger partial charge >= 0.3 is 24.0 Å². The molecule has 4 unspecified atom stereocenters. The predicted octanol–water partition coefficient (Wildman–Crippen LogP) is 4.18. The molecule has 2 saturated heterocycles. The summed E-state index contributed by atoms with van der Waals surface area (Å²) in [6, 6.07) is 17.0. The van der Waals surface area contributed by atoms with Crippen LogP contribution in [0.3, 0.4) is 0 Å². The minimum absolute atomic E-state index is 0.153. The van der Waals surface area contributed by atoms with Gasteiger partial charge in [-0.2, -0.15) is 0 Å². The van der Waals surface area contributed by atoms with Crippen LogP contribution in [-0.2, 0) is 67.2 Å². The van der Waals surface area contributed by atoms with E-state index in [2.05, 4.69) is 20.6 Å². The Morgan fingerprint density at radius 2 is 1.10 bits per heavy atom. The van der Waals surface area contributed by atoms with Gasteiger partial charge in [0.2, 0.25) is 0 Å². The minimum Gasteiger partial charge on any atom is -0.443 e. The SMILES string of the molecule is NC(Cc1c[nH]c2ccc(CC3NC(=O)N(CCc4cccs4)C3=O)cc12)OC(=O)/C=C\C(=O)OC(N)Cc1c[nH]c2ccc(CC3NC(=O)N(CCc4cccs4)C3=O)cc12. The van der Waals surface area contributed by atoms with Crippen LogP contribution < -0.4 is 22.1 Å². The van der Waals surface area contributed by atoms with Crippen molar-refractivity contribution >= 4 is 80.3 Å². The van der Waals surface area contributed by atoms with Crippen molar-refractivity contribution in [1.82, 2.24) is 30.4 Å². The number of nitrogens with zero attached hydrogens (tertiary/aromatic N) is 2. The molecule has 0 radical (unpaired) electrons. The first kappa shape index (κ1) is 42.1. The summed E-state index contributed by atoms with van der Waals surface area (Å²) >= 11 is 3.16. The van der Waals surface area contributed by atoms with Crippen molar-refractivity contribution < 1.29 is 38.2 Å². The van der Waals surface area contributed by atoms with Gasteiger partial charge in [-0.05, 0) is 82.3 Å². The van der Waals surface area contributed by atoms with Gasteiger partial charge in [0.1, 0.15) is 12.1 Å². The zero-order valence-electron chi connectivity index (χ0n) is 33.3. The number of H-pyrrole nitrogens is 2. The lowest BCUT2D eigenvalue weighted by Gasteiger charge is -2.13. The molecule has 2 aliphatic heterocycles. The number of urea groups is 2. The van der Waals surface area contributed by atoms with Gasteiger partial charge in [0.25, 0.3) is 11.8 Å². The van der Waals surface area contributed by atoms with Gasteiger partial charge in [-0.15, -0.1) is 22.7 Å². The number of ether oxygens (including phenoxy) is 2. The highest BCUT2D eigenvalue weighted by Gasteiger charge is 2.38. The maximum atomic E-state index is 13.1. The number of rotatable bonds is 18. The van der Waals surface area contributed by atoms with Crippen molar-refractivity contribution in [2.75, 3.05) is 13.1 Å². The highest BCUT2D eigenvalue weighted by atomic mass is 32.1. The van der Waals surface area contributed by atoms with E-state index in [1.807, 2.05) is 71.4 Å². The molecule has 4 aromatic heterocycles. The zero-order valence-corrected chi connectivity index (χ0v) is 35.0. The third-order valence-corrected chi connectivity index (χ3v) is 12.7. The van der Waals surface area contributed by atoms with E-state index < -0.39 is 48.5 Å². The quantitative estimate of drug-likeness (QED) is 0.0312. The number of carbonyl (C=O) groups excluding carboxylic acids is 6. The topological polar surface area (TPSA) is 235 Å². The number of esters is 2. The van der Waals surface area contributed by atoms with Crippen LogP contribution in [0.4, 0.5) is 9.59 Å². The Kier molecular flexibility index (Phi) is 12.6. The van der Waals surface area contributed by atoms with Crippen LogP contribution in [0.1, 0.15) is 32.0 Å². The van der Waals surface area contributed by atoms with Crippen molar-refractivity contribution in [3.05, 3.63) is 128 Å². The smallest absolute Gasteiger partial charge is 0.332 e. The van der Waals surface area contributed by atoms with Gasteiger partial charge in [0.05, 0.1) is 0 Å². The number of amides is 6. The summed E-state index contributed by atoms with van der Waals surface area (Å²) in [4.78, 5) is 87.7. The molecule has 320 valence electrons. The van der Waals surface area contributed by atoms with Crippen molar-refractivity contribution in [2.24, 2.45) is 11.5 Å². The summed E-state index contributed by atoms with van der Waals surface area (Å²) in [5.41, 5.74) is 17.2. The Morgan fingerprint density at radius 3 is 1.50 bits per heavy atom. The molecule has 2 aliphatic rings. The number of thiophene rings is 2. The van der Waals surface area contributed by atoms with E-state index in [9.17, 15) is 28.8 Å². The van der Waals surface area contributed by atoms with E-state index in [4.69, 9.17) is 20.9 Å². The number of aromatic nitrogens is 2. The number of aromatic amines is 2. The number of nitrogens with one attached hydrogen (secondary N) is 4. The van der Waals surface area contributed by atoms with E-state index >= 15 is 0 Å². The number of benzene rings is 2. The van der Waals surface area contributed by atoms with Gasteiger partial charge in [-0.3, -0.25) is 30.9 Å². The molecule has 4 atom stereocenters. The highest BCUT2D eigenvalue weighted by molar-refractivity contribution is 7.10. The Hall–Kier alpha value is -6.60. The summed E-state index contributed by atoms with van der Waals surface area (Å²) in [7, 11) is 0. The lowest BCUT2D eigenvalue weighted by atomic mass is 10.0. The molecular formula is C44H44N8O8S2. The van der Waals surface area contributed by atoms with E-state index in [1.165, 1.54) is 9.80 Å². The molecule has 62 heavy (non-hydrogen) atoms. The molecule has 6 aromatic rings. The van der Waals surface area contributed by atoms with Gasteiger partial charge in [-0.1, -0.05) is 24.3 Å². The number of hydrogen-bond donors (Lipinski definition) is 6. The van der Waals surface area contributed by atoms with Gasteiger partial charge < -0.3 is 30.1 Å². The third kappa shape index (κ3) is 9.79. The predicted molar refractivity (Wildman–Crippen MR) is 233 cm³/mol. The molecule has 0 aliphatic carbocycles. The van der Waals surface area contributed by atoms with E-state index in [1.54, 1.807) is 35.1 Å². The normalized spacial score (nSPS) is 17.6. The Labute approximate surface area is 363 Å². The first-order valence-electron chi connectivity index (χ1n) is 20.0. The molecule has 2 aromatic carbocycles. The summed E-state index contributed by atoms with van der Waals surface area (Å²) in [6.45, 7) is 0.620. The second kappa shape index (κ2) is 18.6. The van der Waals surface area contributed by atoms with Crippen LogP contribution in [0.25, 0.3) is 21.8 Å². The molecular weight excluding hydrogens is 833 g/mol. The van der Waals surface area contributed by atoms with Crippen molar-refractivity contribution in [2.45, 2.75) is 63.1 Å². The Bertz CT molecular complexity index is 2470. The first-order valence-corrected chi connectivity index (χ1v) is 21.8. The molecule has 0 saturated carbocycles. The Balaban J connectivity index is 0.798. The summed E-state index contributed by atoms with van der Waals surface area (Å²) < 4.78 is 10.7. The largest absolute Gasteiger partial charge is 0.443 e. The molecule has 0 bridgehead atoms. The maximum Gasteiger partial charge on any atom is 0.332 e. The number of fused-ring (bicyclic) bond motifs is 2. The summed E-state index contributed by atoms with van der Waals surface area (Å²) in [6.07, 6.45) is 5.38. The monoisotopic (exact) mass is 876 g/mol. The average Bonchev–Trinajstić information content (AvgIpc) is 4.12. The maximum absolute atomic E-state index is 13.1. The van der Waals surface area contributed by atoms with Crippen LogP contribution in [0, 0.1) is 0 Å². The number of imide groups is 2. The third-order valence-electron chi connectivity index (χ3n) is 10.8. The molecule has 6 heterocycles. The van der Waals surface area contributed by atoms with Crippen LogP contribution >= 0.6 is 22.7 Å². The Morgan fingerprint density at radius 1 is 0.661 bits per heavy atom. The van der Waals surface area contributed by atoms with Gasteiger partial charge in [0.15, 0.2) is 12.5 Å². The average molecular weight is 877 g/mol. The molecule has 18 heteroatoms. The molecule has 8 N–H and O–H groups in total. The van der Waals surface area contributed by atoms with Crippen molar-refractivity contribution in [3.8, 4) is 0 Å². The number of carbonyl (C=O) groups is 6. The van der Waals surface area contributed by atoms with E-state index in [0.29, 0.717) is 38.8 Å². The fourth-order valence-electron chi connectivity index (χ4n) is 7.75. The zero-order chi connectivity index (χ0) is 43.3. The first-order chi connectivity index (χ1) is 30.0. The van der Waals surface area contributed by atoms with Crippen LogP contribution in [0.2, 0.25) is 0 Å². The minimum atomic E-state index is -1.05. The van der Waals surface area contributed by atoms with Crippen molar-refractivity contribution in [3.63, 3.8) is 0 Å². The standard InChI is InChI=1S/C44H44N8O8S2/c45-37(21-27-23-47-33-7-5-25(17-31(27)33)19-35-41(55)51(43(57)49-35)13-11-29-3-1-15-61-29)59-39(53)9-10-40(54)60-38(46)22-28-24-48-34-8-6-26(18-32(28)34)20-36-42(56)52(44(58)50-36)14-12-30-4-2-16-62-30/h1-10,15-18,23-24,35-38,47-48H,11-14,19-22,45-46H2,(H,49,57)(H,50,58)/b10-9-. The van der Waals surface area contributed by atoms with Gasteiger partial charge in [-0.25, -0.2) is 19.2 Å². The molecule has 16 nitrogen and oxygen atoms in total. The second-order valence-corrected chi connectivity index (χ2v) is 17.2. The van der Waals surface area contributed by atoms with E-state index in [0.717, 1.165) is 66.0 Å². The number of nitrogens with two attached hydrogens (primary N) is 2. The van der Waals surface area contributed by atoms with E-state index in [-0.39, 0.29) is 24.7 Å². The fraction of sp³-hybridized carbons (Fsp3) is 0.273. The van der Waals surface area contributed by atoms with Crippen LogP contribution in [0.5, 0.6) is 0 Å². The highest BCUT2D eigenvalue weighted by Crippen LogP contribution is 2.25. The lowest BCUT2D eigenvalue weighted by Crippen LogP contribution is -2.33. The molecule has 8 rings (SSSR count). The van der Waals surface area contributed by atoms with Crippen LogP contribution in [0.15, 0.2) is 96.0 Å². The van der Waals surface area contributed by atoms with Crippen molar-refractivity contribution in [1.29, 1.82) is 0 Å². The van der Waals surface area contributed by atoms with Crippen LogP contribution in [-0.4, -0.2) is 93.2 Å². The lowest BCUT2D eigenvalue weighted by molar-refractivity contribution is -0.145. The molecule has 0 spiro atoms. The van der Waals surface area contributed by atoms with Gasteiger partial charge in [0, 0.05) is 94.9 Å². The molecule has 2 fully saturated rings. The molecule has 6 amide bonds. The second-order valence-electron chi connectivity index (χ2n) is 15.1. The fourth-order valence-corrected chi connectivity index (χ4v) is 9.15. The number of hydrogen-bond acceptors (Lipinski definition) is 12. The summed E-state index contributed by atoms with van der Waals surface area (Å²) in [5.74, 6) is -2.23.